The van der Waals surface area contributed by atoms with Crippen molar-refractivity contribution in [2.24, 2.45) is 12.1 Å². The maximum atomic E-state index is 11.9. The number of hydrogen-bond donors (Lipinski definition) is 1. The highest BCUT2D eigenvalue weighted by atomic mass is 79.9. The number of carbonyl (C=O) groups excluding carboxylic acids is 1. The first-order chi connectivity index (χ1) is 9.08. The van der Waals surface area contributed by atoms with E-state index >= 15 is 0 Å². The highest BCUT2D eigenvalue weighted by Crippen LogP contribution is 2.13. The van der Waals surface area contributed by atoms with Crippen LogP contribution in [0.5, 0.6) is 0 Å². The van der Waals surface area contributed by atoms with Crippen LogP contribution in [0.1, 0.15) is 23.0 Å². The zero-order chi connectivity index (χ0) is 13.8. The van der Waals surface area contributed by atoms with Crippen LogP contribution in [-0.2, 0) is 7.05 Å². The summed E-state index contributed by atoms with van der Waals surface area (Å²) in [5, 5.41) is 8.08. The van der Waals surface area contributed by atoms with Gasteiger partial charge in [0.05, 0.1) is 10.2 Å². The lowest BCUT2D eigenvalue weighted by Crippen LogP contribution is -2.20. The van der Waals surface area contributed by atoms with Gasteiger partial charge in [-0.2, -0.15) is 10.2 Å². The van der Waals surface area contributed by atoms with Crippen LogP contribution in [0.3, 0.4) is 0 Å². The van der Waals surface area contributed by atoms with Crippen LogP contribution in [0.2, 0.25) is 0 Å². The number of nitrogens with one attached hydrogen (secondary N) is 1. The Morgan fingerprint density at radius 2 is 2.11 bits per heavy atom. The molecule has 2 aromatic rings. The number of pyridine rings is 1. The largest absolute Gasteiger partial charge is 0.293 e. The predicted octanol–water partition coefficient (Wildman–Crippen LogP) is 1.73. The van der Waals surface area contributed by atoms with E-state index in [1.54, 1.807) is 30.3 Å². The Bertz CT molecular complexity index is 620. The number of carbonyl (C=O) groups is 1. The maximum Gasteiger partial charge on any atom is 0.293 e. The van der Waals surface area contributed by atoms with E-state index in [4.69, 9.17) is 0 Å². The van der Waals surface area contributed by atoms with Gasteiger partial charge in [0.2, 0.25) is 0 Å². The standard InChI is InChI=1S/C12H12BrN5O/c1-8(9-3-5-14-6-4-9)15-16-12(19)11-10(13)7-18(2)17-11/h3-7H,1-2H3,(H,16,19)/b15-8-. The minimum atomic E-state index is -0.360. The van der Waals surface area contributed by atoms with E-state index in [-0.39, 0.29) is 5.91 Å². The molecule has 1 N–H and O–H groups in total. The summed E-state index contributed by atoms with van der Waals surface area (Å²) < 4.78 is 2.18. The SMILES string of the molecule is C/C(=N/NC(=O)c1nn(C)cc1Br)c1ccncc1. The zero-order valence-corrected chi connectivity index (χ0v) is 12.0. The monoisotopic (exact) mass is 321 g/mol. The van der Waals surface area contributed by atoms with Crippen LogP contribution in [0.15, 0.2) is 40.3 Å². The summed E-state index contributed by atoms with van der Waals surface area (Å²) >= 11 is 3.27. The summed E-state index contributed by atoms with van der Waals surface area (Å²) in [5.74, 6) is -0.360. The minimum Gasteiger partial charge on any atom is -0.274 e. The Labute approximate surface area is 118 Å². The summed E-state index contributed by atoms with van der Waals surface area (Å²) in [6.45, 7) is 1.81. The molecule has 0 saturated heterocycles. The average molecular weight is 322 g/mol. The lowest BCUT2D eigenvalue weighted by atomic mass is 10.2. The second-order valence-electron chi connectivity index (χ2n) is 3.87. The molecule has 0 bridgehead atoms. The smallest absolute Gasteiger partial charge is 0.274 e. The predicted molar refractivity (Wildman–Crippen MR) is 74.8 cm³/mol. The van der Waals surface area contributed by atoms with Gasteiger partial charge in [-0.25, -0.2) is 5.43 Å². The number of nitrogens with zero attached hydrogens (tertiary/aromatic N) is 4. The molecule has 0 spiro atoms. The van der Waals surface area contributed by atoms with Crippen molar-refractivity contribution in [3.05, 3.63) is 46.5 Å². The number of hydrogen-bond acceptors (Lipinski definition) is 4. The van der Waals surface area contributed by atoms with Crippen molar-refractivity contribution < 1.29 is 4.79 Å². The Morgan fingerprint density at radius 1 is 1.42 bits per heavy atom. The number of hydrazone groups is 1. The van der Waals surface area contributed by atoms with E-state index in [2.05, 4.69) is 36.5 Å². The van der Waals surface area contributed by atoms with Gasteiger partial charge in [0.1, 0.15) is 0 Å². The normalized spacial score (nSPS) is 11.4. The van der Waals surface area contributed by atoms with Crippen LogP contribution in [0, 0.1) is 0 Å². The van der Waals surface area contributed by atoms with Crippen molar-refractivity contribution in [1.82, 2.24) is 20.2 Å². The van der Waals surface area contributed by atoms with Crippen molar-refractivity contribution >= 4 is 27.5 Å². The molecule has 0 fully saturated rings. The highest BCUT2D eigenvalue weighted by molar-refractivity contribution is 9.10. The highest BCUT2D eigenvalue weighted by Gasteiger charge is 2.13. The van der Waals surface area contributed by atoms with Gasteiger partial charge in [0, 0.05) is 31.2 Å². The molecule has 0 aliphatic heterocycles. The second-order valence-corrected chi connectivity index (χ2v) is 4.73. The van der Waals surface area contributed by atoms with Crippen LogP contribution < -0.4 is 5.43 Å². The number of halogens is 1. The van der Waals surface area contributed by atoms with E-state index in [0.29, 0.717) is 15.9 Å². The van der Waals surface area contributed by atoms with E-state index in [1.165, 1.54) is 0 Å². The van der Waals surface area contributed by atoms with E-state index in [9.17, 15) is 4.79 Å². The quantitative estimate of drug-likeness (QED) is 0.691. The minimum absolute atomic E-state index is 0.300. The molecule has 0 unspecified atom stereocenters. The molecule has 0 radical (unpaired) electrons. The third kappa shape index (κ3) is 3.25. The summed E-state index contributed by atoms with van der Waals surface area (Å²) in [5.41, 5.74) is 4.37. The van der Waals surface area contributed by atoms with Crippen molar-refractivity contribution in [2.75, 3.05) is 0 Å². The topological polar surface area (TPSA) is 72.2 Å². The summed E-state index contributed by atoms with van der Waals surface area (Å²) in [6.07, 6.45) is 5.05. The average Bonchev–Trinajstić information content (AvgIpc) is 2.75. The third-order valence-electron chi connectivity index (χ3n) is 2.42. The fourth-order valence-electron chi connectivity index (χ4n) is 1.46. The molecule has 0 saturated carbocycles. The van der Waals surface area contributed by atoms with Gasteiger partial charge >= 0.3 is 0 Å². The second kappa shape index (κ2) is 5.75. The van der Waals surface area contributed by atoms with Gasteiger partial charge in [-0.1, -0.05) is 0 Å². The van der Waals surface area contributed by atoms with Crippen LogP contribution >= 0.6 is 15.9 Å². The molecule has 19 heavy (non-hydrogen) atoms. The Kier molecular flexibility index (Phi) is 4.06. The van der Waals surface area contributed by atoms with E-state index in [0.717, 1.165) is 5.56 Å². The lowest BCUT2D eigenvalue weighted by molar-refractivity contribution is 0.0948. The van der Waals surface area contributed by atoms with Gasteiger partial charge < -0.3 is 0 Å². The molecular formula is C12H12BrN5O. The molecule has 0 atom stereocenters. The maximum absolute atomic E-state index is 11.9. The lowest BCUT2D eigenvalue weighted by Gasteiger charge is -2.01. The first-order valence-electron chi connectivity index (χ1n) is 5.52. The Balaban J connectivity index is 2.10. The van der Waals surface area contributed by atoms with Crippen LogP contribution in [0.25, 0.3) is 0 Å². The number of aryl methyl sites for hydroxylation is 1. The molecule has 2 rings (SSSR count). The first kappa shape index (κ1) is 13.4. The molecule has 6 nitrogen and oxygen atoms in total. The Morgan fingerprint density at radius 3 is 2.68 bits per heavy atom. The van der Waals surface area contributed by atoms with Crippen molar-refractivity contribution in [1.29, 1.82) is 0 Å². The van der Waals surface area contributed by atoms with Crippen LogP contribution in [-0.4, -0.2) is 26.4 Å². The van der Waals surface area contributed by atoms with Crippen molar-refractivity contribution in [2.45, 2.75) is 6.92 Å². The molecule has 7 heteroatoms. The van der Waals surface area contributed by atoms with Crippen molar-refractivity contribution in [3.8, 4) is 0 Å². The molecule has 0 aliphatic carbocycles. The first-order valence-corrected chi connectivity index (χ1v) is 6.31. The Hall–Kier alpha value is -2.02. The zero-order valence-electron chi connectivity index (χ0n) is 10.5. The molecule has 2 heterocycles. The summed E-state index contributed by atoms with van der Waals surface area (Å²) in [7, 11) is 1.74. The van der Waals surface area contributed by atoms with Gasteiger partial charge in [-0.05, 0) is 35.0 Å². The fraction of sp³-hybridized carbons (Fsp3) is 0.167. The number of amides is 1. The van der Waals surface area contributed by atoms with Gasteiger partial charge in [0.15, 0.2) is 5.69 Å². The molecule has 98 valence electrons. The summed E-state index contributed by atoms with van der Waals surface area (Å²) in [4.78, 5) is 15.8. The van der Waals surface area contributed by atoms with Crippen molar-refractivity contribution in [3.63, 3.8) is 0 Å². The molecule has 2 aromatic heterocycles. The fourth-order valence-corrected chi connectivity index (χ4v) is 2.01. The number of aromatic nitrogens is 3. The molecule has 0 aliphatic rings. The molecule has 1 amide bonds. The number of rotatable bonds is 3. The van der Waals surface area contributed by atoms with Crippen LogP contribution in [0.4, 0.5) is 0 Å². The molecular weight excluding hydrogens is 310 g/mol. The van der Waals surface area contributed by atoms with Gasteiger partial charge in [0.25, 0.3) is 5.91 Å². The third-order valence-corrected chi connectivity index (χ3v) is 3.00. The van der Waals surface area contributed by atoms with E-state index < -0.39 is 0 Å². The van der Waals surface area contributed by atoms with Gasteiger partial charge in [-0.15, -0.1) is 0 Å². The van der Waals surface area contributed by atoms with Gasteiger partial charge in [-0.3, -0.25) is 14.5 Å². The molecule has 0 aromatic carbocycles. The summed E-state index contributed by atoms with van der Waals surface area (Å²) in [6, 6.07) is 3.64. The van der Waals surface area contributed by atoms with E-state index in [1.807, 2.05) is 19.1 Å².